The Bertz CT molecular complexity index is 602. The zero-order valence-corrected chi connectivity index (χ0v) is 12.2. The van der Waals surface area contributed by atoms with Crippen LogP contribution in [0.15, 0.2) is 42.8 Å². The maximum atomic E-state index is 11.8. The Morgan fingerprint density at radius 3 is 2.76 bits per heavy atom. The summed E-state index contributed by atoms with van der Waals surface area (Å²) >= 11 is 0. The number of carbonyl (C=O) groups excluding carboxylic acids is 1. The summed E-state index contributed by atoms with van der Waals surface area (Å²) < 4.78 is 11.5. The average Bonchev–Trinajstić information content (AvgIpc) is 2.84. The predicted octanol–water partition coefficient (Wildman–Crippen LogP) is 3.55. The first kappa shape index (κ1) is 16.3. The number of nitrogens with zero attached hydrogens (tertiary/aromatic N) is 3. The molecule has 21 heavy (non-hydrogen) atoms. The molecule has 7 nitrogen and oxygen atoms in total. The van der Waals surface area contributed by atoms with Crippen molar-refractivity contribution in [2.75, 3.05) is 0 Å². The Labute approximate surface area is 122 Å². The fourth-order valence-corrected chi connectivity index (χ4v) is 1.35. The highest BCUT2D eigenvalue weighted by molar-refractivity contribution is 5.71. The van der Waals surface area contributed by atoms with Crippen molar-refractivity contribution >= 4 is 6.09 Å². The van der Waals surface area contributed by atoms with Gasteiger partial charge in [-0.25, -0.2) is 4.79 Å². The summed E-state index contributed by atoms with van der Waals surface area (Å²) in [5.41, 5.74) is -0.129. The molecule has 1 N–H and O–H groups in total. The normalized spacial score (nSPS) is 12.1. The van der Waals surface area contributed by atoms with Gasteiger partial charge in [0, 0.05) is 24.0 Å². The third-order valence-corrected chi connectivity index (χ3v) is 2.25. The molecule has 0 saturated heterocycles. The average molecular weight is 292 g/mol. The van der Waals surface area contributed by atoms with Crippen LogP contribution >= 0.6 is 0 Å². The second-order valence-corrected chi connectivity index (χ2v) is 5.19. The van der Waals surface area contributed by atoms with Crippen molar-refractivity contribution in [2.24, 2.45) is 0 Å². The van der Waals surface area contributed by atoms with E-state index in [9.17, 15) is 9.90 Å². The first-order valence-electron chi connectivity index (χ1n) is 6.20. The predicted molar refractivity (Wildman–Crippen MR) is 75.8 cm³/mol. The van der Waals surface area contributed by atoms with Crippen molar-refractivity contribution in [3.63, 3.8) is 0 Å². The third kappa shape index (κ3) is 5.03. The molecule has 112 valence electrons. The molecular weight excluding hydrogens is 274 g/mol. The summed E-state index contributed by atoms with van der Waals surface area (Å²) in [6.45, 7) is 8.67. The third-order valence-electron chi connectivity index (χ3n) is 2.25. The molecule has 0 aromatic carbocycles. The van der Waals surface area contributed by atoms with Crippen LogP contribution in [0.3, 0.4) is 0 Å². The van der Waals surface area contributed by atoms with Crippen LogP contribution in [0.4, 0.5) is 4.79 Å². The summed E-state index contributed by atoms with van der Waals surface area (Å²) in [4.78, 5) is 14.6. The largest absolute Gasteiger partial charge is 0.475 e. The number of ether oxygens (including phenoxy) is 2. The van der Waals surface area contributed by atoms with Gasteiger partial charge in [-0.3, -0.25) is 4.57 Å². The number of carbonyl (C=O) groups is 1. The summed E-state index contributed by atoms with van der Waals surface area (Å²) in [6.07, 6.45) is 3.68. The van der Waals surface area contributed by atoms with Crippen molar-refractivity contribution in [2.45, 2.75) is 33.0 Å². The molecule has 0 fully saturated rings. The molecule has 0 amide bonds. The van der Waals surface area contributed by atoms with E-state index in [2.05, 4.69) is 11.6 Å². The van der Waals surface area contributed by atoms with Gasteiger partial charge in [0.05, 0.1) is 0 Å². The second-order valence-electron chi connectivity index (χ2n) is 5.19. The summed E-state index contributed by atoms with van der Waals surface area (Å²) in [6, 6.07) is 1.64. The van der Waals surface area contributed by atoms with Gasteiger partial charge in [0.2, 0.25) is 5.39 Å². The quantitative estimate of drug-likeness (QED) is 0.520. The van der Waals surface area contributed by atoms with Crippen molar-refractivity contribution in [1.82, 2.24) is 4.57 Å². The number of allylic oxidation sites excluding steroid dienone is 1. The van der Waals surface area contributed by atoms with E-state index in [1.165, 1.54) is 17.0 Å². The minimum Gasteiger partial charge on any atom is -0.475 e. The van der Waals surface area contributed by atoms with E-state index in [0.29, 0.717) is 5.56 Å². The number of hydrogen-bond donors (Lipinski definition) is 1. The highest BCUT2D eigenvalue weighted by Gasteiger charge is 2.19. The van der Waals surface area contributed by atoms with Gasteiger partial charge in [-0.1, -0.05) is 6.58 Å². The van der Waals surface area contributed by atoms with E-state index in [-0.39, 0.29) is 12.3 Å². The molecule has 0 aliphatic rings. The summed E-state index contributed by atoms with van der Waals surface area (Å²) in [7, 11) is 0. The van der Waals surface area contributed by atoms with Crippen LogP contribution in [0, 0.1) is 5.39 Å². The van der Waals surface area contributed by atoms with Crippen molar-refractivity contribution in [3.05, 3.63) is 53.3 Å². The second kappa shape index (κ2) is 6.61. The van der Waals surface area contributed by atoms with E-state index in [4.69, 9.17) is 14.9 Å². The van der Waals surface area contributed by atoms with Gasteiger partial charge in [0.25, 0.3) is 0 Å². The molecule has 0 unspecified atom stereocenters. The monoisotopic (exact) mass is 292 g/mol. The maximum absolute atomic E-state index is 11.8. The van der Waals surface area contributed by atoms with Crippen LogP contribution in [0.1, 0.15) is 26.3 Å². The van der Waals surface area contributed by atoms with E-state index < -0.39 is 17.6 Å². The molecule has 0 aliphatic heterocycles. The number of hydrogen-bond acceptors (Lipinski definition) is 5. The Kier molecular flexibility index (Phi) is 5.13. The number of rotatable bonds is 4. The van der Waals surface area contributed by atoms with E-state index in [1.54, 1.807) is 26.8 Å². The number of aliphatic hydroxyl groups excluding tert-OH is 1. The lowest BCUT2D eigenvalue weighted by Gasteiger charge is -2.19. The molecule has 0 atom stereocenters. The standard InChI is InChI=1S/C14H17N3O4/c1-5-11(16-15)12(18)20-9-10-6-7-17(8-10)13(19)21-14(2,3)4/h5-8H,1,9H2,2-4H3/p+1/b12-11-. The molecule has 7 heteroatoms. The lowest BCUT2D eigenvalue weighted by Crippen LogP contribution is -2.26. The van der Waals surface area contributed by atoms with Crippen molar-refractivity contribution < 1.29 is 19.4 Å². The molecule has 0 radical (unpaired) electrons. The molecule has 0 spiro atoms. The van der Waals surface area contributed by atoms with E-state index in [1.807, 2.05) is 0 Å². The van der Waals surface area contributed by atoms with Crippen LogP contribution in [0.25, 0.3) is 4.98 Å². The van der Waals surface area contributed by atoms with Gasteiger partial charge in [0.15, 0.2) is 4.98 Å². The molecule has 1 rings (SSSR count). The number of aromatic nitrogens is 1. The van der Waals surface area contributed by atoms with Gasteiger partial charge >= 0.3 is 17.7 Å². The fraction of sp³-hybridized carbons (Fsp3) is 0.357. The highest BCUT2D eigenvalue weighted by Crippen LogP contribution is 2.13. The van der Waals surface area contributed by atoms with Gasteiger partial charge in [-0.15, -0.1) is 0 Å². The Hall–Kier alpha value is -2.75. The molecule has 1 aromatic heterocycles. The minimum atomic E-state index is -0.583. The van der Waals surface area contributed by atoms with E-state index >= 15 is 0 Å². The Morgan fingerprint density at radius 2 is 2.24 bits per heavy atom. The van der Waals surface area contributed by atoms with Crippen LogP contribution in [-0.4, -0.2) is 21.4 Å². The van der Waals surface area contributed by atoms with Crippen molar-refractivity contribution in [3.8, 4) is 0 Å². The topological polar surface area (TPSA) is 88.8 Å². The van der Waals surface area contributed by atoms with Crippen LogP contribution < -0.4 is 0 Å². The lowest BCUT2D eigenvalue weighted by atomic mass is 10.2. The van der Waals surface area contributed by atoms with Gasteiger partial charge in [-0.05, 0) is 26.8 Å². The lowest BCUT2D eigenvalue weighted by molar-refractivity contribution is 0.0536. The van der Waals surface area contributed by atoms with Gasteiger partial charge < -0.3 is 14.6 Å². The van der Waals surface area contributed by atoms with Gasteiger partial charge in [-0.2, -0.15) is 0 Å². The van der Waals surface area contributed by atoms with Crippen LogP contribution in [-0.2, 0) is 16.1 Å². The van der Waals surface area contributed by atoms with Gasteiger partial charge in [0.1, 0.15) is 12.2 Å². The molecule has 0 aliphatic carbocycles. The number of aliphatic hydroxyl groups is 1. The maximum Gasteiger partial charge on any atom is 0.463 e. The molecule has 1 aromatic rings. The Balaban J connectivity index is 2.69. The zero-order chi connectivity index (χ0) is 16.0. The summed E-state index contributed by atoms with van der Waals surface area (Å²) in [5, 5.41) is 18.0. The van der Waals surface area contributed by atoms with Crippen molar-refractivity contribution in [1.29, 1.82) is 5.39 Å². The fourth-order valence-electron chi connectivity index (χ4n) is 1.35. The molecule has 1 heterocycles. The first-order chi connectivity index (χ1) is 9.76. The highest BCUT2D eigenvalue weighted by atomic mass is 16.6. The van der Waals surface area contributed by atoms with Crippen LogP contribution in [0.2, 0.25) is 0 Å². The summed E-state index contributed by atoms with van der Waals surface area (Å²) in [5.74, 6) is -0.558. The Morgan fingerprint density at radius 1 is 1.57 bits per heavy atom. The minimum absolute atomic E-state index is 0.00547. The van der Waals surface area contributed by atoms with E-state index in [0.717, 1.165) is 6.08 Å². The molecule has 0 saturated carbocycles. The smallest absolute Gasteiger partial charge is 0.463 e. The first-order valence-corrected chi connectivity index (χ1v) is 6.20. The van der Waals surface area contributed by atoms with Crippen LogP contribution in [0.5, 0.6) is 0 Å². The number of diazo groups is 1. The SMILES string of the molecule is C=C/C([N+]#N)=C(\O)OCc1ccn(C(=O)OC(C)(C)C)c1. The molecular formula is C14H18N3O4+. The zero-order valence-electron chi connectivity index (χ0n) is 12.2. The molecule has 0 bridgehead atoms.